The number of ether oxygens (including phenoxy) is 2. The Hall–Kier alpha value is -2.57. The highest BCUT2D eigenvalue weighted by Gasteiger charge is 2.22. The average Bonchev–Trinajstić information content (AvgIpc) is 2.57. The van der Waals surface area contributed by atoms with Gasteiger partial charge in [0.15, 0.2) is 0 Å². The summed E-state index contributed by atoms with van der Waals surface area (Å²) < 4.78 is 9.91. The zero-order valence-electron chi connectivity index (χ0n) is 13.7. The first-order valence-electron chi connectivity index (χ1n) is 7.88. The summed E-state index contributed by atoms with van der Waals surface area (Å²) in [6, 6.07) is 7.82. The normalized spacial score (nSPS) is 11.4. The van der Waals surface area contributed by atoms with Crippen molar-refractivity contribution in [3.8, 4) is 0 Å². The molecule has 0 spiro atoms. The van der Waals surface area contributed by atoms with E-state index in [1.54, 1.807) is 24.3 Å². The van der Waals surface area contributed by atoms with Crippen molar-refractivity contribution in [1.82, 2.24) is 5.32 Å². The summed E-state index contributed by atoms with van der Waals surface area (Å²) in [5.41, 5.74) is 0.791. The largest absolute Gasteiger partial charge is 0.480 e. The third kappa shape index (κ3) is 8.17. The van der Waals surface area contributed by atoms with E-state index in [1.807, 2.05) is 13.0 Å². The summed E-state index contributed by atoms with van der Waals surface area (Å²) in [5, 5.41) is 11.4. The summed E-state index contributed by atoms with van der Waals surface area (Å²) in [7, 11) is 0. The molecule has 0 radical (unpaired) electrons. The predicted molar refractivity (Wildman–Crippen MR) is 86.3 cm³/mol. The van der Waals surface area contributed by atoms with E-state index in [0.717, 1.165) is 18.4 Å². The van der Waals surface area contributed by atoms with Crippen molar-refractivity contribution in [1.29, 1.82) is 0 Å². The fourth-order valence-corrected chi connectivity index (χ4v) is 1.83. The van der Waals surface area contributed by atoms with E-state index < -0.39 is 24.1 Å². The molecule has 0 aliphatic carbocycles. The van der Waals surface area contributed by atoms with E-state index in [0.29, 0.717) is 6.61 Å². The van der Waals surface area contributed by atoms with Gasteiger partial charge in [-0.15, -0.1) is 0 Å². The van der Waals surface area contributed by atoms with Crippen LogP contribution in [0, 0.1) is 0 Å². The number of benzene rings is 1. The van der Waals surface area contributed by atoms with Crippen LogP contribution >= 0.6 is 0 Å². The first kappa shape index (κ1) is 19.5. The van der Waals surface area contributed by atoms with Gasteiger partial charge in [0.1, 0.15) is 12.6 Å². The van der Waals surface area contributed by atoms with Gasteiger partial charge in [-0.3, -0.25) is 4.79 Å². The number of hydrogen-bond acceptors (Lipinski definition) is 5. The molecule has 7 heteroatoms. The lowest BCUT2D eigenvalue weighted by atomic mass is 10.1. The van der Waals surface area contributed by atoms with E-state index >= 15 is 0 Å². The smallest absolute Gasteiger partial charge is 0.408 e. The van der Waals surface area contributed by atoms with E-state index in [2.05, 4.69) is 5.32 Å². The van der Waals surface area contributed by atoms with Crippen LogP contribution in [0.2, 0.25) is 0 Å². The molecule has 1 rings (SSSR count). The van der Waals surface area contributed by atoms with Crippen molar-refractivity contribution in [2.45, 2.75) is 45.3 Å². The lowest BCUT2D eigenvalue weighted by Gasteiger charge is -2.14. The van der Waals surface area contributed by atoms with Gasteiger partial charge in [-0.1, -0.05) is 43.7 Å². The van der Waals surface area contributed by atoms with Crippen molar-refractivity contribution in [3.05, 3.63) is 35.9 Å². The first-order valence-corrected chi connectivity index (χ1v) is 7.88. The molecule has 0 saturated carbocycles. The summed E-state index contributed by atoms with van der Waals surface area (Å²) in [5.74, 6) is -1.71. The second-order valence-corrected chi connectivity index (χ2v) is 5.21. The Kier molecular flexibility index (Phi) is 8.96. The molecule has 0 fully saturated rings. The standard InChI is InChI=1S/C17H23NO6/c1-2-3-11-23-15(19)10-9-14(16(20)21)18-17(22)24-12-13-7-5-4-6-8-13/h4-8,14H,2-3,9-12H2,1H3,(H,18,22)(H,20,21). The molecular weight excluding hydrogens is 314 g/mol. The van der Waals surface area contributed by atoms with Gasteiger partial charge in [0.25, 0.3) is 0 Å². The SMILES string of the molecule is CCCCOC(=O)CCC(NC(=O)OCc1ccccc1)C(=O)O. The topological polar surface area (TPSA) is 102 Å². The molecule has 132 valence electrons. The van der Waals surface area contributed by atoms with Gasteiger partial charge in [-0.05, 0) is 18.4 Å². The molecule has 0 aliphatic rings. The fourth-order valence-electron chi connectivity index (χ4n) is 1.83. The molecule has 1 aromatic carbocycles. The molecule has 0 heterocycles. The maximum absolute atomic E-state index is 11.7. The lowest BCUT2D eigenvalue weighted by Crippen LogP contribution is -2.41. The van der Waals surface area contributed by atoms with E-state index in [9.17, 15) is 14.4 Å². The van der Waals surface area contributed by atoms with Crippen LogP contribution in [-0.2, 0) is 25.7 Å². The zero-order chi connectivity index (χ0) is 17.8. The number of rotatable bonds is 10. The number of aliphatic carboxylic acids is 1. The fraction of sp³-hybridized carbons (Fsp3) is 0.471. The molecule has 2 N–H and O–H groups in total. The van der Waals surface area contributed by atoms with Crippen LogP contribution in [0.25, 0.3) is 0 Å². The minimum Gasteiger partial charge on any atom is -0.480 e. The highest BCUT2D eigenvalue weighted by molar-refractivity contribution is 5.80. The molecule has 24 heavy (non-hydrogen) atoms. The van der Waals surface area contributed by atoms with Crippen LogP contribution in [0.3, 0.4) is 0 Å². The molecule has 0 aliphatic heterocycles. The molecule has 0 bridgehead atoms. The zero-order valence-corrected chi connectivity index (χ0v) is 13.7. The monoisotopic (exact) mass is 337 g/mol. The lowest BCUT2D eigenvalue weighted by molar-refractivity contribution is -0.144. The van der Waals surface area contributed by atoms with Crippen LogP contribution in [0.15, 0.2) is 30.3 Å². The van der Waals surface area contributed by atoms with Crippen LogP contribution in [0.4, 0.5) is 4.79 Å². The number of unbranched alkanes of at least 4 members (excludes halogenated alkanes) is 1. The number of amides is 1. The van der Waals surface area contributed by atoms with Gasteiger partial charge in [0.05, 0.1) is 6.61 Å². The van der Waals surface area contributed by atoms with Crippen LogP contribution < -0.4 is 5.32 Å². The number of carboxylic acids is 1. The summed E-state index contributed by atoms with van der Waals surface area (Å²) >= 11 is 0. The molecule has 1 unspecified atom stereocenters. The molecule has 1 aromatic rings. The predicted octanol–water partition coefficient (Wildman–Crippen LogP) is 2.49. The van der Waals surface area contributed by atoms with Crippen molar-refractivity contribution in [2.75, 3.05) is 6.61 Å². The maximum atomic E-state index is 11.7. The van der Waals surface area contributed by atoms with Gasteiger partial charge in [0.2, 0.25) is 0 Å². The number of carbonyl (C=O) groups excluding carboxylic acids is 2. The average molecular weight is 337 g/mol. The Morgan fingerprint density at radius 3 is 2.50 bits per heavy atom. The van der Waals surface area contributed by atoms with Crippen LogP contribution in [0.5, 0.6) is 0 Å². The van der Waals surface area contributed by atoms with Gasteiger partial charge in [0, 0.05) is 6.42 Å². The Balaban J connectivity index is 2.35. The Morgan fingerprint density at radius 1 is 1.17 bits per heavy atom. The first-order chi connectivity index (χ1) is 11.5. The number of nitrogens with one attached hydrogen (secondary N) is 1. The van der Waals surface area contributed by atoms with Gasteiger partial charge < -0.3 is 19.9 Å². The minimum atomic E-state index is -1.23. The van der Waals surface area contributed by atoms with Crippen molar-refractivity contribution < 1.29 is 29.0 Å². The number of carbonyl (C=O) groups is 3. The van der Waals surface area contributed by atoms with Crippen molar-refractivity contribution in [3.63, 3.8) is 0 Å². The second kappa shape index (κ2) is 11.0. The second-order valence-electron chi connectivity index (χ2n) is 5.21. The number of esters is 1. The van der Waals surface area contributed by atoms with E-state index in [4.69, 9.17) is 14.6 Å². The maximum Gasteiger partial charge on any atom is 0.408 e. The van der Waals surface area contributed by atoms with Crippen LogP contribution in [-0.4, -0.2) is 35.8 Å². The summed E-state index contributed by atoms with van der Waals surface area (Å²) in [6.07, 6.45) is 0.684. The molecule has 0 aromatic heterocycles. The third-order valence-corrected chi connectivity index (χ3v) is 3.20. The molecule has 1 amide bonds. The highest BCUT2D eigenvalue weighted by Crippen LogP contribution is 2.04. The van der Waals surface area contributed by atoms with Gasteiger partial charge in [-0.2, -0.15) is 0 Å². The number of carboxylic acid groups (broad SMARTS) is 1. The molecular formula is C17H23NO6. The Morgan fingerprint density at radius 2 is 1.88 bits per heavy atom. The quantitative estimate of drug-likeness (QED) is 0.502. The third-order valence-electron chi connectivity index (χ3n) is 3.20. The van der Waals surface area contributed by atoms with Gasteiger partial charge in [-0.25, -0.2) is 9.59 Å². The number of alkyl carbamates (subject to hydrolysis) is 1. The van der Waals surface area contributed by atoms with Crippen molar-refractivity contribution >= 4 is 18.0 Å². The van der Waals surface area contributed by atoms with E-state index in [-0.39, 0.29) is 19.4 Å². The molecule has 1 atom stereocenters. The van der Waals surface area contributed by atoms with Crippen LogP contribution in [0.1, 0.15) is 38.2 Å². The molecule has 0 saturated heterocycles. The summed E-state index contributed by atoms with van der Waals surface area (Å²) in [6.45, 7) is 2.33. The highest BCUT2D eigenvalue weighted by atomic mass is 16.5. The Bertz CT molecular complexity index is 531. The Labute approximate surface area is 141 Å². The van der Waals surface area contributed by atoms with E-state index in [1.165, 1.54) is 0 Å². The number of hydrogen-bond donors (Lipinski definition) is 2. The summed E-state index contributed by atoms with van der Waals surface area (Å²) in [4.78, 5) is 34.3. The van der Waals surface area contributed by atoms with Gasteiger partial charge >= 0.3 is 18.0 Å². The molecule has 7 nitrogen and oxygen atoms in total. The minimum absolute atomic E-state index is 0.0398. The van der Waals surface area contributed by atoms with Crippen molar-refractivity contribution in [2.24, 2.45) is 0 Å².